The fraction of sp³-hybridized carbons (Fsp3) is 0.167. The number of aryl methyl sites for hydroxylation is 2. The van der Waals surface area contributed by atoms with E-state index in [1.165, 1.54) is 11.7 Å². The van der Waals surface area contributed by atoms with E-state index in [1.807, 2.05) is 6.07 Å². The Kier molecular flexibility index (Phi) is 3.90. The fourth-order valence-electron chi connectivity index (χ4n) is 1.73. The third-order valence-corrected chi connectivity index (χ3v) is 3.29. The van der Waals surface area contributed by atoms with Crippen LogP contribution in [-0.2, 0) is 7.05 Å². The monoisotopic (exact) mass is 354 g/mol. The van der Waals surface area contributed by atoms with Crippen molar-refractivity contribution >= 4 is 21.6 Å². The van der Waals surface area contributed by atoms with Gasteiger partial charge in [0.2, 0.25) is 11.6 Å². The number of benzene rings is 1. The number of nitro groups is 1. The van der Waals surface area contributed by atoms with Crippen molar-refractivity contribution in [3.63, 3.8) is 0 Å². The molecular formula is C12H8BrFN4O3. The normalized spacial score (nSPS) is 10.2. The first-order valence-electron chi connectivity index (χ1n) is 5.60. The molecule has 0 aliphatic carbocycles. The molecule has 0 saturated carbocycles. The summed E-state index contributed by atoms with van der Waals surface area (Å²) < 4.78 is 20.1. The molecule has 0 saturated heterocycles. The molecule has 0 aliphatic heterocycles. The quantitative estimate of drug-likeness (QED) is 0.623. The van der Waals surface area contributed by atoms with Crippen LogP contribution in [-0.4, -0.2) is 14.7 Å². The van der Waals surface area contributed by atoms with Crippen molar-refractivity contribution in [3.8, 4) is 17.7 Å². The van der Waals surface area contributed by atoms with E-state index in [-0.39, 0.29) is 21.7 Å². The van der Waals surface area contributed by atoms with Gasteiger partial charge in [0, 0.05) is 19.2 Å². The molecule has 0 amide bonds. The Balaban J connectivity index is 2.57. The van der Waals surface area contributed by atoms with Gasteiger partial charge >= 0.3 is 5.69 Å². The summed E-state index contributed by atoms with van der Waals surface area (Å²) in [5.74, 6) is -1.01. The van der Waals surface area contributed by atoms with Crippen molar-refractivity contribution in [2.45, 2.75) is 6.92 Å². The van der Waals surface area contributed by atoms with Crippen molar-refractivity contribution in [1.82, 2.24) is 9.78 Å². The summed E-state index contributed by atoms with van der Waals surface area (Å²) >= 11 is 2.88. The molecule has 0 unspecified atom stereocenters. The lowest BCUT2D eigenvalue weighted by atomic mass is 10.2. The summed E-state index contributed by atoms with van der Waals surface area (Å²) in [6.45, 7) is 1.60. The van der Waals surface area contributed by atoms with Crippen LogP contribution in [0.5, 0.6) is 11.6 Å². The van der Waals surface area contributed by atoms with Crippen LogP contribution in [0.3, 0.4) is 0 Å². The first-order chi connectivity index (χ1) is 9.85. The standard InChI is InChI=1S/C12H8BrFN4O3/c1-6-7(5-15)12(17(2)16-6)21-11-4-9(14)8(13)3-10(11)18(19)20/h3-4H,1-2H3. The maximum atomic E-state index is 13.6. The number of hydrogen-bond acceptors (Lipinski definition) is 5. The second-order valence-electron chi connectivity index (χ2n) is 4.09. The summed E-state index contributed by atoms with van der Waals surface area (Å²) in [5, 5.41) is 24.1. The molecule has 2 rings (SSSR count). The van der Waals surface area contributed by atoms with Crippen LogP contribution in [0.25, 0.3) is 0 Å². The first-order valence-corrected chi connectivity index (χ1v) is 6.39. The van der Waals surface area contributed by atoms with Crippen LogP contribution in [0, 0.1) is 34.2 Å². The van der Waals surface area contributed by atoms with E-state index in [0.29, 0.717) is 5.69 Å². The molecule has 1 heterocycles. The highest BCUT2D eigenvalue weighted by Gasteiger charge is 2.23. The number of nitro benzene ring substituents is 1. The molecule has 9 heteroatoms. The van der Waals surface area contributed by atoms with Gasteiger partial charge in [0.1, 0.15) is 17.4 Å². The van der Waals surface area contributed by atoms with Gasteiger partial charge in [-0.3, -0.25) is 10.1 Å². The molecule has 0 spiro atoms. The Hall–Kier alpha value is -2.47. The van der Waals surface area contributed by atoms with Crippen molar-refractivity contribution in [3.05, 3.63) is 43.8 Å². The highest BCUT2D eigenvalue weighted by Crippen LogP contribution is 2.36. The minimum atomic E-state index is -0.715. The van der Waals surface area contributed by atoms with Gasteiger partial charge in [0.15, 0.2) is 0 Å². The van der Waals surface area contributed by atoms with Crippen molar-refractivity contribution in [2.75, 3.05) is 0 Å². The smallest absolute Gasteiger partial charge is 0.312 e. The summed E-state index contributed by atoms with van der Waals surface area (Å²) in [6.07, 6.45) is 0. The zero-order valence-electron chi connectivity index (χ0n) is 10.9. The Morgan fingerprint density at radius 1 is 1.57 bits per heavy atom. The molecule has 0 N–H and O–H groups in total. The van der Waals surface area contributed by atoms with E-state index in [9.17, 15) is 14.5 Å². The summed E-state index contributed by atoms with van der Waals surface area (Å²) in [7, 11) is 1.52. The Morgan fingerprint density at radius 3 is 2.81 bits per heavy atom. The molecule has 1 aromatic heterocycles. The predicted molar refractivity (Wildman–Crippen MR) is 73.5 cm³/mol. The van der Waals surface area contributed by atoms with Gasteiger partial charge in [-0.2, -0.15) is 10.4 Å². The summed E-state index contributed by atoms with van der Waals surface area (Å²) in [4.78, 5) is 10.3. The van der Waals surface area contributed by atoms with Gasteiger partial charge in [-0.15, -0.1) is 0 Å². The molecule has 2 aromatic rings. The topological polar surface area (TPSA) is 94.0 Å². The molecule has 0 bridgehead atoms. The lowest BCUT2D eigenvalue weighted by molar-refractivity contribution is -0.385. The number of aromatic nitrogens is 2. The zero-order chi connectivity index (χ0) is 15.7. The molecule has 21 heavy (non-hydrogen) atoms. The number of rotatable bonds is 3. The number of nitrogens with zero attached hydrogens (tertiary/aromatic N) is 4. The van der Waals surface area contributed by atoms with E-state index < -0.39 is 16.4 Å². The van der Waals surface area contributed by atoms with Gasteiger partial charge in [0.05, 0.1) is 15.1 Å². The fourth-order valence-corrected chi connectivity index (χ4v) is 2.06. The molecule has 1 aromatic carbocycles. The minimum absolute atomic E-state index is 0.0137. The lowest BCUT2D eigenvalue weighted by Crippen LogP contribution is -2.00. The van der Waals surface area contributed by atoms with E-state index >= 15 is 0 Å². The number of nitriles is 1. The van der Waals surface area contributed by atoms with E-state index in [1.54, 1.807) is 6.92 Å². The maximum Gasteiger partial charge on any atom is 0.312 e. The van der Waals surface area contributed by atoms with Gasteiger partial charge < -0.3 is 4.74 Å². The number of hydrogen-bond donors (Lipinski definition) is 0. The number of ether oxygens (including phenoxy) is 1. The molecular weight excluding hydrogens is 347 g/mol. The SMILES string of the molecule is Cc1nn(C)c(Oc2cc(F)c(Br)cc2[N+](=O)[O-])c1C#N. The van der Waals surface area contributed by atoms with Gasteiger partial charge in [-0.05, 0) is 22.9 Å². The second-order valence-corrected chi connectivity index (χ2v) is 4.95. The van der Waals surface area contributed by atoms with E-state index in [2.05, 4.69) is 21.0 Å². The summed E-state index contributed by atoms with van der Waals surface area (Å²) in [5.41, 5.74) is 0.122. The third kappa shape index (κ3) is 2.71. The van der Waals surface area contributed by atoms with Crippen LogP contribution in [0.4, 0.5) is 10.1 Å². The van der Waals surface area contributed by atoms with Crippen LogP contribution in [0.1, 0.15) is 11.3 Å². The zero-order valence-corrected chi connectivity index (χ0v) is 12.5. The van der Waals surface area contributed by atoms with Crippen LogP contribution >= 0.6 is 15.9 Å². The molecule has 0 atom stereocenters. The molecule has 108 valence electrons. The highest BCUT2D eigenvalue weighted by molar-refractivity contribution is 9.10. The largest absolute Gasteiger partial charge is 0.431 e. The van der Waals surface area contributed by atoms with E-state index in [0.717, 1.165) is 12.1 Å². The lowest BCUT2D eigenvalue weighted by Gasteiger charge is -2.07. The predicted octanol–water partition coefficient (Wildman–Crippen LogP) is 3.20. The van der Waals surface area contributed by atoms with Crippen molar-refractivity contribution in [2.24, 2.45) is 7.05 Å². The Labute approximate surface area is 126 Å². The highest BCUT2D eigenvalue weighted by atomic mass is 79.9. The first kappa shape index (κ1) is 14.9. The average Bonchev–Trinajstić information content (AvgIpc) is 2.67. The van der Waals surface area contributed by atoms with E-state index in [4.69, 9.17) is 10.00 Å². The second kappa shape index (κ2) is 5.49. The maximum absolute atomic E-state index is 13.6. The average molecular weight is 355 g/mol. The number of halogens is 2. The molecule has 0 fully saturated rings. The minimum Gasteiger partial charge on any atom is -0.431 e. The van der Waals surface area contributed by atoms with Crippen LogP contribution in [0.2, 0.25) is 0 Å². The van der Waals surface area contributed by atoms with Crippen LogP contribution in [0.15, 0.2) is 16.6 Å². The van der Waals surface area contributed by atoms with Crippen LogP contribution < -0.4 is 4.74 Å². The Bertz CT molecular complexity index is 782. The molecule has 7 nitrogen and oxygen atoms in total. The Morgan fingerprint density at radius 2 is 2.24 bits per heavy atom. The summed E-state index contributed by atoms with van der Waals surface area (Å²) in [6, 6.07) is 3.78. The van der Waals surface area contributed by atoms with Gasteiger partial charge in [-0.25, -0.2) is 9.07 Å². The van der Waals surface area contributed by atoms with Crippen molar-refractivity contribution < 1.29 is 14.1 Å². The molecule has 0 aliphatic rings. The van der Waals surface area contributed by atoms with Gasteiger partial charge in [0.25, 0.3) is 0 Å². The van der Waals surface area contributed by atoms with Gasteiger partial charge in [-0.1, -0.05) is 0 Å². The molecule has 0 radical (unpaired) electrons. The third-order valence-electron chi connectivity index (χ3n) is 2.69. The van der Waals surface area contributed by atoms with Crippen molar-refractivity contribution in [1.29, 1.82) is 5.26 Å².